The monoisotopic (exact) mass is 697 g/mol. The molecule has 0 aliphatic carbocycles. The number of carbonyl (C=O) groups excluding carboxylic acids is 1. The van der Waals surface area contributed by atoms with Gasteiger partial charge in [-0.3, -0.25) is 4.79 Å². The molecule has 3 aromatic rings. The number of anilines is 1. The Kier molecular flexibility index (Phi) is 19.7. The Morgan fingerprint density at radius 1 is 0.686 bits per heavy atom. The van der Waals surface area contributed by atoms with Crippen LogP contribution in [0, 0.1) is 0 Å². The fraction of sp³-hybridized carbons (Fsp3) is 0.357. The maximum atomic E-state index is 12.3. The number of carboxylic acids is 1. The number of benzene rings is 2. The first-order valence-corrected chi connectivity index (χ1v) is 17.3. The molecule has 9 nitrogen and oxygen atoms in total. The molecule has 3 rings (SSSR count). The zero-order valence-corrected chi connectivity index (χ0v) is 31.3. The van der Waals surface area contributed by atoms with E-state index >= 15 is 0 Å². The van der Waals surface area contributed by atoms with E-state index in [0.717, 1.165) is 37.1 Å². The lowest BCUT2D eigenvalue weighted by atomic mass is 10.1. The highest BCUT2D eigenvalue weighted by Crippen LogP contribution is 2.15. The highest BCUT2D eigenvalue weighted by molar-refractivity contribution is 5.94. The van der Waals surface area contributed by atoms with Gasteiger partial charge in [-0.05, 0) is 134 Å². The summed E-state index contributed by atoms with van der Waals surface area (Å²) in [6.07, 6.45) is 14.5. The summed E-state index contributed by atoms with van der Waals surface area (Å²) in [5, 5.41) is 14.9. The van der Waals surface area contributed by atoms with Crippen LogP contribution in [0.15, 0.2) is 113 Å². The average molecular weight is 698 g/mol. The van der Waals surface area contributed by atoms with Crippen molar-refractivity contribution in [3.8, 4) is 17.4 Å². The third kappa shape index (κ3) is 18.9. The molecule has 0 radical (unpaired) electrons. The number of allylic oxidation sites excluding steroid dienone is 6. The molecule has 0 aliphatic heterocycles. The third-order valence-electron chi connectivity index (χ3n) is 7.45. The molecule has 0 fully saturated rings. The number of aromatic carboxylic acids is 1. The summed E-state index contributed by atoms with van der Waals surface area (Å²) in [4.78, 5) is 27.1. The molecule has 0 saturated heterocycles. The van der Waals surface area contributed by atoms with Gasteiger partial charge >= 0.3 is 5.97 Å². The number of aromatic nitrogens is 1. The Morgan fingerprint density at radius 2 is 1.20 bits per heavy atom. The predicted octanol–water partition coefficient (Wildman–Crippen LogP) is 9.46. The van der Waals surface area contributed by atoms with Crippen LogP contribution in [-0.2, 0) is 0 Å². The standard InChI is InChI=1S/C25H33N3O3.C17H22O3/c1-19(2)6-5-7-20(3)14-17-31-23-11-8-21(9-12-23)25(29)27-16-15-26-22-10-13-24(30-4)28-18-22;1-13(2)5-4-6-14(3)11-12-20-16-9-7-15(8-10-16)17(18)19/h6,8-14,18,26H,5,7,15-17H2,1-4H3,(H,27,29);5,7-11H,4,6,12H2,1-3H3,(H,18,19)/b20-14+;14-11+. The molecule has 9 heteroatoms. The lowest BCUT2D eigenvalue weighted by molar-refractivity contribution is 0.0696. The van der Waals surface area contributed by atoms with Gasteiger partial charge in [-0.1, -0.05) is 34.4 Å². The minimum atomic E-state index is -0.924. The quantitative estimate of drug-likeness (QED) is 0.0838. The van der Waals surface area contributed by atoms with Crippen molar-refractivity contribution in [2.75, 3.05) is 38.7 Å². The lowest BCUT2D eigenvalue weighted by Gasteiger charge is -2.09. The third-order valence-corrected chi connectivity index (χ3v) is 7.45. The van der Waals surface area contributed by atoms with E-state index in [9.17, 15) is 9.59 Å². The van der Waals surface area contributed by atoms with E-state index in [-0.39, 0.29) is 11.5 Å². The fourth-order valence-corrected chi connectivity index (χ4v) is 4.43. The number of ether oxygens (including phenoxy) is 3. The van der Waals surface area contributed by atoms with E-state index in [2.05, 4.69) is 81.5 Å². The molecule has 1 amide bonds. The first kappa shape index (κ1) is 41.9. The van der Waals surface area contributed by atoms with Crippen molar-refractivity contribution in [2.45, 2.75) is 67.2 Å². The molecule has 3 N–H and O–H groups in total. The summed E-state index contributed by atoms with van der Waals surface area (Å²) in [6.45, 7) is 14.8. The smallest absolute Gasteiger partial charge is 0.335 e. The molecule has 0 aliphatic rings. The molecule has 0 bridgehead atoms. The fourth-order valence-electron chi connectivity index (χ4n) is 4.43. The Balaban J connectivity index is 0.000000389. The van der Waals surface area contributed by atoms with Gasteiger partial charge in [0.1, 0.15) is 24.7 Å². The Hall–Kier alpha value is -5.31. The average Bonchev–Trinajstić information content (AvgIpc) is 3.11. The minimum Gasteiger partial charge on any atom is -0.490 e. The van der Waals surface area contributed by atoms with Crippen LogP contribution in [0.1, 0.15) is 87.9 Å². The van der Waals surface area contributed by atoms with Crippen LogP contribution in [0.2, 0.25) is 0 Å². The van der Waals surface area contributed by atoms with Gasteiger partial charge in [0, 0.05) is 24.7 Å². The van der Waals surface area contributed by atoms with Crippen molar-refractivity contribution in [2.24, 2.45) is 0 Å². The van der Waals surface area contributed by atoms with Crippen LogP contribution in [0.4, 0.5) is 5.69 Å². The number of nitrogens with zero attached hydrogens (tertiary/aromatic N) is 1. The molecule has 274 valence electrons. The second-order valence-electron chi connectivity index (χ2n) is 12.5. The van der Waals surface area contributed by atoms with Gasteiger partial charge in [-0.2, -0.15) is 0 Å². The predicted molar refractivity (Wildman–Crippen MR) is 207 cm³/mol. The van der Waals surface area contributed by atoms with Gasteiger partial charge in [0.05, 0.1) is 24.6 Å². The molecule has 0 saturated carbocycles. The maximum Gasteiger partial charge on any atom is 0.335 e. The van der Waals surface area contributed by atoms with Crippen molar-refractivity contribution in [1.82, 2.24) is 10.3 Å². The number of methoxy groups -OCH3 is 1. The number of hydrogen-bond donors (Lipinski definition) is 3. The summed E-state index contributed by atoms with van der Waals surface area (Å²) in [5.74, 6) is 0.960. The number of carboxylic acid groups (broad SMARTS) is 1. The van der Waals surface area contributed by atoms with Gasteiger partial charge in [-0.15, -0.1) is 0 Å². The maximum absolute atomic E-state index is 12.3. The summed E-state index contributed by atoms with van der Waals surface area (Å²) in [6, 6.07) is 17.3. The van der Waals surface area contributed by atoms with E-state index < -0.39 is 5.97 Å². The molecule has 1 heterocycles. The number of hydrogen-bond acceptors (Lipinski definition) is 7. The van der Waals surface area contributed by atoms with Gasteiger partial charge < -0.3 is 30.0 Å². The van der Waals surface area contributed by atoms with Gasteiger partial charge in [-0.25, -0.2) is 9.78 Å². The number of pyridine rings is 1. The van der Waals surface area contributed by atoms with Crippen molar-refractivity contribution in [3.05, 3.63) is 125 Å². The summed E-state index contributed by atoms with van der Waals surface area (Å²) in [7, 11) is 1.58. The normalized spacial score (nSPS) is 11.0. The van der Waals surface area contributed by atoms with E-state index in [1.54, 1.807) is 55.8 Å². The number of nitrogens with one attached hydrogen (secondary N) is 2. The van der Waals surface area contributed by atoms with Crippen molar-refractivity contribution < 1.29 is 28.9 Å². The minimum absolute atomic E-state index is 0.115. The molecular formula is C42H55N3O6. The van der Waals surface area contributed by atoms with Gasteiger partial charge in [0.25, 0.3) is 5.91 Å². The van der Waals surface area contributed by atoms with Crippen molar-refractivity contribution in [1.29, 1.82) is 0 Å². The van der Waals surface area contributed by atoms with E-state index in [1.807, 2.05) is 18.2 Å². The van der Waals surface area contributed by atoms with Crippen LogP contribution in [0.5, 0.6) is 17.4 Å². The number of rotatable bonds is 19. The summed E-state index contributed by atoms with van der Waals surface area (Å²) < 4.78 is 16.3. The first-order valence-electron chi connectivity index (χ1n) is 17.3. The van der Waals surface area contributed by atoms with Crippen LogP contribution >= 0.6 is 0 Å². The largest absolute Gasteiger partial charge is 0.490 e. The Labute approximate surface area is 304 Å². The molecular weight excluding hydrogens is 642 g/mol. The molecule has 0 unspecified atom stereocenters. The number of carbonyl (C=O) groups is 2. The highest BCUT2D eigenvalue weighted by Gasteiger charge is 2.05. The molecule has 0 spiro atoms. The van der Waals surface area contributed by atoms with Gasteiger partial charge in [0.15, 0.2) is 0 Å². The summed E-state index contributed by atoms with van der Waals surface area (Å²) in [5.41, 5.74) is 7.04. The van der Waals surface area contributed by atoms with Crippen molar-refractivity contribution >= 4 is 17.6 Å². The Morgan fingerprint density at radius 3 is 1.63 bits per heavy atom. The second kappa shape index (κ2) is 23.9. The zero-order chi connectivity index (χ0) is 37.4. The first-order chi connectivity index (χ1) is 24.5. The van der Waals surface area contributed by atoms with Crippen LogP contribution in [-0.4, -0.2) is 55.4 Å². The highest BCUT2D eigenvalue weighted by atomic mass is 16.5. The van der Waals surface area contributed by atoms with E-state index in [1.165, 1.54) is 22.3 Å². The van der Waals surface area contributed by atoms with E-state index in [4.69, 9.17) is 19.3 Å². The SMILES string of the molecule is CC(C)=CCC/C(C)=C/COc1ccc(C(=O)O)cc1.COc1ccc(NCCNC(=O)c2ccc(OC/C=C(\C)CCC=C(C)C)cc2)cn1. The summed E-state index contributed by atoms with van der Waals surface area (Å²) >= 11 is 0. The second-order valence-corrected chi connectivity index (χ2v) is 12.5. The molecule has 51 heavy (non-hydrogen) atoms. The molecule has 1 aromatic heterocycles. The molecule has 2 aromatic carbocycles. The van der Waals surface area contributed by atoms with Gasteiger partial charge in [0.2, 0.25) is 5.88 Å². The topological polar surface area (TPSA) is 119 Å². The van der Waals surface area contributed by atoms with Crippen LogP contribution < -0.4 is 24.8 Å². The van der Waals surface area contributed by atoms with Crippen molar-refractivity contribution in [3.63, 3.8) is 0 Å². The van der Waals surface area contributed by atoms with E-state index in [0.29, 0.717) is 43.5 Å². The van der Waals surface area contributed by atoms with Crippen LogP contribution in [0.3, 0.4) is 0 Å². The van der Waals surface area contributed by atoms with Crippen LogP contribution in [0.25, 0.3) is 0 Å². The number of amides is 1. The lowest BCUT2D eigenvalue weighted by Crippen LogP contribution is -2.28. The Bertz CT molecular complexity index is 1600. The zero-order valence-electron chi connectivity index (χ0n) is 31.3. The molecule has 0 atom stereocenters.